The van der Waals surface area contributed by atoms with Crippen LogP contribution in [0.2, 0.25) is 0 Å². The third kappa shape index (κ3) is 4.65. The molecule has 0 saturated carbocycles. The molecule has 1 rings (SSSR count). The van der Waals surface area contributed by atoms with Gasteiger partial charge >= 0.3 is 0 Å². The molecule has 18 heavy (non-hydrogen) atoms. The van der Waals surface area contributed by atoms with E-state index in [-0.39, 0.29) is 0 Å². The van der Waals surface area contributed by atoms with Crippen LogP contribution in [-0.2, 0) is 6.54 Å². The van der Waals surface area contributed by atoms with Crippen LogP contribution in [0.4, 0.5) is 0 Å². The maximum Gasteiger partial charge on any atom is 0.217 e. The van der Waals surface area contributed by atoms with Gasteiger partial charge in [0, 0.05) is 24.3 Å². The van der Waals surface area contributed by atoms with Crippen LogP contribution in [0.25, 0.3) is 0 Å². The summed E-state index contributed by atoms with van der Waals surface area (Å²) in [4.78, 5) is 4.22. The molecule has 3 nitrogen and oxygen atoms in total. The van der Waals surface area contributed by atoms with Gasteiger partial charge in [0.05, 0.1) is 7.11 Å². The van der Waals surface area contributed by atoms with Gasteiger partial charge in [-0.05, 0) is 24.8 Å². The quantitative estimate of drug-likeness (QED) is 0.768. The molecule has 1 aromatic rings. The van der Waals surface area contributed by atoms with Crippen LogP contribution in [0.5, 0.6) is 5.88 Å². The summed E-state index contributed by atoms with van der Waals surface area (Å²) in [6.45, 7) is 7.63. The fourth-order valence-corrected chi connectivity index (χ4v) is 2.04. The maximum absolute atomic E-state index is 5.26. The predicted octanol–water partition coefficient (Wildman–Crippen LogP) is 3.39. The van der Waals surface area contributed by atoms with Crippen LogP contribution in [0.1, 0.15) is 45.6 Å². The van der Waals surface area contributed by atoms with E-state index in [4.69, 9.17) is 4.74 Å². The summed E-state index contributed by atoms with van der Waals surface area (Å²) in [6.07, 6.45) is 5.40. The highest BCUT2D eigenvalue weighted by molar-refractivity contribution is 5.25. The maximum atomic E-state index is 5.26. The number of hydrogen-bond donors (Lipinski definition) is 1. The Labute approximate surface area is 111 Å². The molecule has 1 N–H and O–H groups in total. The lowest BCUT2D eigenvalue weighted by Gasteiger charge is -2.20. The molecule has 0 aliphatic carbocycles. The van der Waals surface area contributed by atoms with Gasteiger partial charge in [0.2, 0.25) is 5.88 Å². The molecule has 0 fully saturated rings. The highest BCUT2D eigenvalue weighted by atomic mass is 16.5. The second-order valence-corrected chi connectivity index (χ2v) is 4.91. The highest BCUT2D eigenvalue weighted by Crippen LogP contribution is 2.16. The van der Waals surface area contributed by atoms with Crippen molar-refractivity contribution in [1.29, 1.82) is 0 Å². The lowest BCUT2D eigenvalue weighted by molar-refractivity contribution is 0.369. The molecule has 102 valence electrons. The normalized spacial score (nSPS) is 14.2. The molecule has 0 bridgehead atoms. The molecule has 0 aromatic carbocycles. The third-order valence-corrected chi connectivity index (χ3v) is 3.50. The number of aromatic nitrogens is 1. The molecule has 1 aromatic heterocycles. The van der Waals surface area contributed by atoms with Gasteiger partial charge in [-0.3, -0.25) is 0 Å². The van der Waals surface area contributed by atoms with Crippen molar-refractivity contribution in [3.63, 3.8) is 0 Å². The van der Waals surface area contributed by atoms with E-state index in [1.165, 1.54) is 12.8 Å². The van der Waals surface area contributed by atoms with Crippen LogP contribution in [-0.4, -0.2) is 18.1 Å². The SMILES string of the molecule is CCC(C)CC(CC)NCc1cccnc1OC. The standard InChI is InChI=1S/C15H26N2O/c1-5-12(3)10-14(6-2)17-11-13-8-7-9-16-15(13)18-4/h7-9,12,14,17H,5-6,10-11H2,1-4H3. The van der Waals surface area contributed by atoms with Crippen LogP contribution < -0.4 is 10.1 Å². The molecular formula is C15H26N2O. The first-order valence-electron chi connectivity index (χ1n) is 6.92. The Bertz CT molecular complexity index is 341. The molecule has 2 unspecified atom stereocenters. The summed E-state index contributed by atoms with van der Waals surface area (Å²) in [7, 11) is 1.67. The van der Waals surface area contributed by atoms with E-state index in [0.717, 1.165) is 30.3 Å². The number of ether oxygens (including phenoxy) is 1. The summed E-state index contributed by atoms with van der Waals surface area (Å²) in [5.74, 6) is 1.50. The minimum Gasteiger partial charge on any atom is -0.481 e. The van der Waals surface area contributed by atoms with Crippen molar-refractivity contribution in [2.24, 2.45) is 5.92 Å². The zero-order valence-corrected chi connectivity index (χ0v) is 12.1. The number of pyridine rings is 1. The fraction of sp³-hybridized carbons (Fsp3) is 0.667. The molecule has 3 heteroatoms. The second-order valence-electron chi connectivity index (χ2n) is 4.91. The topological polar surface area (TPSA) is 34.2 Å². The molecule has 0 aliphatic heterocycles. The van der Waals surface area contributed by atoms with E-state index in [0.29, 0.717) is 6.04 Å². The Hall–Kier alpha value is -1.09. The summed E-state index contributed by atoms with van der Waals surface area (Å²) < 4.78 is 5.26. The van der Waals surface area contributed by atoms with E-state index < -0.39 is 0 Å². The van der Waals surface area contributed by atoms with Gasteiger partial charge in [-0.1, -0.05) is 33.3 Å². The summed E-state index contributed by atoms with van der Waals surface area (Å²) in [5, 5.41) is 3.61. The molecule has 1 heterocycles. The van der Waals surface area contributed by atoms with Gasteiger partial charge in [-0.15, -0.1) is 0 Å². The van der Waals surface area contributed by atoms with Gasteiger partial charge in [0.1, 0.15) is 0 Å². The van der Waals surface area contributed by atoms with E-state index in [2.05, 4.69) is 37.1 Å². The summed E-state index contributed by atoms with van der Waals surface area (Å²) in [5.41, 5.74) is 1.13. The smallest absolute Gasteiger partial charge is 0.217 e. The Morgan fingerprint density at radius 3 is 2.72 bits per heavy atom. The average Bonchev–Trinajstić information content (AvgIpc) is 2.43. The number of nitrogens with one attached hydrogen (secondary N) is 1. The van der Waals surface area contributed by atoms with Gasteiger partial charge in [-0.2, -0.15) is 0 Å². The lowest BCUT2D eigenvalue weighted by atomic mass is 9.97. The van der Waals surface area contributed by atoms with Crippen molar-refractivity contribution in [2.45, 2.75) is 52.6 Å². The molecule has 2 atom stereocenters. The largest absolute Gasteiger partial charge is 0.481 e. The Morgan fingerprint density at radius 1 is 1.33 bits per heavy atom. The van der Waals surface area contributed by atoms with Crippen LogP contribution in [0.3, 0.4) is 0 Å². The average molecular weight is 250 g/mol. The van der Waals surface area contributed by atoms with Crippen LogP contribution in [0.15, 0.2) is 18.3 Å². The summed E-state index contributed by atoms with van der Waals surface area (Å²) in [6, 6.07) is 4.59. The second kappa shape index (κ2) is 8.09. The van der Waals surface area contributed by atoms with Crippen LogP contribution >= 0.6 is 0 Å². The highest BCUT2D eigenvalue weighted by Gasteiger charge is 2.11. The van der Waals surface area contributed by atoms with Gasteiger partial charge in [-0.25, -0.2) is 4.98 Å². The molecule has 0 amide bonds. The number of rotatable bonds is 8. The first kappa shape index (κ1) is 15.0. The van der Waals surface area contributed by atoms with Crippen molar-refractivity contribution in [3.8, 4) is 5.88 Å². The van der Waals surface area contributed by atoms with Crippen LogP contribution in [0, 0.1) is 5.92 Å². The predicted molar refractivity (Wildman–Crippen MR) is 75.8 cm³/mol. The number of nitrogens with zero attached hydrogens (tertiary/aromatic N) is 1. The molecule has 0 spiro atoms. The third-order valence-electron chi connectivity index (χ3n) is 3.50. The Morgan fingerprint density at radius 2 is 2.11 bits per heavy atom. The fourth-order valence-electron chi connectivity index (χ4n) is 2.04. The van der Waals surface area contributed by atoms with Crippen molar-refractivity contribution in [3.05, 3.63) is 23.9 Å². The first-order chi connectivity index (χ1) is 8.71. The minimum atomic E-state index is 0.574. The van der Waals surface area contributed by atoms with E-state index in [1.807, 2.05) is 6.07 Å². The minimum absolute atomic E-state index is 0.574. The van der Waals surface area contributed by atoms with Gasteiger partial charge in [0.25, 0.3) is 0 Å². The molecule has 0 aliphatic rings. The molecule has 0 radical (unpaired) electrons. The molecular weight excluding hydrogens is 224 g/mol. The van der Waals surface area contributed by atoms with Crippen molar-refractivity contribution in [2.75, 3.05) is 7.11 Å². The van der Waals surface area contributed by atoms with Gasteiger partial charge < -0.3 is 10.1 Å². The lowest BCUT2D eigenvalue weighted by Crippen LogP contribution is -2.29. The number of methoxy groups -OCH3 is 1. The Kier molecular flexibility index (Phi) is 6.73. The van der Waals surface area contributed by atoms with E-state index >= 15 is 0 Å². The van der Waals surface area contributed by atoms with Crippen molar-refractivity contribution < 1.29 is 4.74 Å². The van der Waals surface area contributed by atoms with E-state index in [9.17, 15) is 0 Å². The van der Waals surface area contributed by atoms with Crippen molar-refractivity contribution in [1.82, 2.24) is 10.3 Å². The first-order valence-corrected chi connectivity index (χ1v) is 6.92. The van der Waals surface area contributed by atoms with Crippen molar-refractivity contribution >= 4 is 0 Å². The number of hydrogen-bond acceptors (Lipinski definition) is 3. The Balaban J connectivity index is 2.51. The monoisotopic (exact) mass is 250 g/mol. The van der Waals surface area contributed by atoms with Gasteiger partial charge in [0.15, 0.2) is 0 Å². The van der Waals surface area contributed by atoms with E-state index in [1.54, 1.807) is 13.3 Å². The zero-order chi connectivity index (χ0) is 13.4. The zero-order valence-electron chi connectivity index (χ0n) is 12.1. The summed E-state index contributed by atoms with van der Waals surface area (Å²) >= 11 is 0. The molecule has 0 saturated heterocycles.